The van der Waals surface area contributed by atoms with E-state index in [9.17, 15) is 9.90 Å². The molecule has 1 rings (SSSR count). The van der Waals surface area contributed by atoms with Crippen molar-refractivity contribution in [3.05, 3.63) is 29.8 Å². The number of benzene rings is 1. The maximum Gasteiger partial charge on any atom is 0.315 e. The van der Waals surface area contributed by atoms with E-state index >= 15 is 0 Å². The summed E-state index contributed by atoms with van der Waals surface area (Å²) >= 11 is 0. The molecule has 2 atom stereocenters. The molecule has 118 valence electrons. The number of urea groups is 1. The van der Waals surface area contributed by atoms with Crippen molar-refractivity contribution in [2.75, 3.05) is 13.2 Å². The summed E-state index contributed by atoms with van der Waals surface area (Å²) in [6.45, 7) is 7.21. The Hall–Kier alpha value is -1.75. The predicted molar refractivity (Wildman–Crippen MR) is 83.3 cm³/mol. The molecule has 0 bridgehead atoms. The van der Waals surface area contributed by atoms with E-state index < -0.39 is 6.10 Å². The molecular formula is C16H26N2O3. The zero-order valence-electron chi connectivity index (χ0n) is 13.1. The standard InChI is InChI=1S/C16H26N2O3/c1-4-12(3)15(19)11-18-16(20)17-10-13-7-6-8-14(9-13)21-5-2/h6-9,12,15,19H,4-5,10-11H2,1-3H3,(H2,17,18,20). The van der Waals surface area contributed by atoms with E-state index in [2.05, 4.69) is 10.6 Å². The Bertz CT molecular complexity index is 437. The fourth-order valence-corrected chi connectivity index (χ4v) is 1.83. The first-order chi connectivity index (χ1) is 10.1. The van der Waals surface area contributed by atoms with Gasteiger partial charge < -0.3 is 20.5 Å². The van der Waals surface area contributed by atoms with Crippen molar-refractivity contribution >= 4 is 6.03 Å². The number of carbonyl (C=O) groups is 1. The maximum atomic E-state index is 11.7. The molecule has 3 N–H and O–H groups in total. The van der Waals surface area contributed by atoms with Crippen molar-refractivity contribution < 1.29 is 14.6 Å². The highest BCUT2D eigenvalue weighted by Crippen LogP contribution is 2.12. The highest BCUT2D eigenvalue weighted by atomic mass is 16.5. The molecular weight excluding hydrogens is 268 g/mol. The lowest BCUT2D eigenvalue weighted by Crippen LogP contribution is -2.41. The summed E-state index contributed by atoms with van der Waals surface area (Å²) in [6, 6.07) is 7.33. The van der Waals surface area contributed by atoms with Crippen LogP contribution < -0.4 is 15.4 Å². The van der Waals surface area contributed by atoms with Gasteiger partial charge >= 0.3 is 6.03 Å². The molecule has 2 unspecified atom stereocenters. The molecule has 0 fully saturated rings. The van der Waals surface area contributed by atoms with Crippen LogP contribution in [0.4, 0.5) is 4.79 Å². The van der Waals surface area contributed by atoms with Crippen LogP contribution >= 0.6 is 0 Å². The molecule has 0 aromatic heterocycles. The van der Waals surface area contributed by atoms with Gasteiger partial charge in [0, 0.05) is 13.1 Å². The molecule has 2 amide bonds. The summed E-state index contributed by atoms with van der Waals surface area (Å²) in [5.74, 6) is 0.970. The molecule has 0 radical (unpaired) electrons. The quantitative estimate of drug-likeness (QED) is 0.689. The van der Waals surface area contributed by atoms with Gasteiger partial charge in [-0.15, -0.1) is 0 Å². The van der Waals surface area contributed by atoms with Crippen molar-refractivity contribution in [2.24, 2.45) is 5.92 Å². The summed E-state index contributed by atoms with van der Waals surface area (Å²) in [6.07, 6.45) is 0.372. The topological polar surface area (TPSA) is 70.6 Å². The van der Waals surface area contributed by atoms with E-state index in [1.165, 1.54) is 0 Å². The molecule has 0 spiro atoms. The molecule has 5 nitrogen and oxygen atoms in total. The average molecular weight is 294 g/mol. The molecule has 0 saturated carbocycles. The van der Waals surface area contributed by atoms with Crippen LogP contribution in [-0.4, -0.2) is 30.4 Å². The fourth-order valence-electron chi connectivity index (χ4n) is 1.83. The lowest BCUT2D eigenvalue weighted by Gasteiger charge is -2.17. The normalized spacial score (nSPS) is 13.3. The Morgan fingerprint density at radius 3 is 2.76 bits per heavy atom. The third kappa shape index (κ3) is 6.49. The number of hydrogen-bond donors (Lipinski definition) is 3. The lowest BCUT2D eigenvalue weighted by molar-refractivity contribution is 0.114. The van der Waals surface area contributed by atoms with E-state index in [-0.39, 0.29) is 18.5 Å². The zero-order chi connectivity index (χ0) is 15.7. The van der Waals surface area contributed by atoms with Crippen molar-refractivity contribution in [2.45, 2.75) is 39.8 Å². The molecule has 1 aromatic carbocycles. The molecule has 5 heteroatoms. The van der Waals surface area contributed by atoms with Crippen LogP contribution in [0.1, 0.15) is 32.8 Å². The Morgan fingerprint density at radius 2 is 2.10 bits per heavy atom. The number of hydrogen-bond acceptors (Lipinski definition) is 3. The first-order valence-corrected chi connectivity index (χ1v) is 7.48. The van der Waals surface area contributed by atoms with Gasteiger partial charge in [-0.1, -0.05) is 32.4 Å². The number of rotatable bonds is 8. The Morgan fingerprint density at radius 1 is 1.33 bits per heavy atom. The minimum Gasteiger partial charge on any atom is -0.494 e. The van der Waals surface area contributed by atoms with Crippen molar-refractivity contribution in [1.82, 2.24) is 10.6 Å². The van der Waals surface area contributed by atoms with Crippen molar-refractivity contribution in [3.63, 3.8) is 0 Å². The van der Waals surface area contributed by atoms with E-state index in [1.54, 1.807) is 0 Å². The van der Waals surface area contributed by atoms with E-state index in [0.717, 1.165) is 17.7 Å². The van der Waals surface area contributed by atoms with Crippen LogP contribution in [0.25, 0.3) is 0 Å². The number of aliphatic hydroxyl groups excluding tert-OH is 1. The van der Waals surface area contributed by atoms with Gasteiger partial charge in [0.05, 0.1) is 12.7 Å². The number of nitrogens with one attached hydrogen (secondary N) is 2. The molecule has 0 aliphatic heterocycles. The van der Waals surface area contributed by atoms with Crippen LogP contribution in [-0.2, 0) is 6.54 Å². The van der Waals surface area contributed by atoms with Gasteiger partial charge in [-0.05, 0) is 30.5 Å². The molecule has 21 heavy (non-hydrogen) atoms. The second-order valence-corrected chi connectivity index (χ2v) is 5.10. The second kappa shape index (κ2) is 9.23. The summed E-state index contributed by atoms with van der Waals surface area (Å²) in [5.41, 5.74) is 0.971. The van der Waals surface area contributed by atoms with Crippen molar-refractivity contribution in [1.29, 1.82) is 0 Å². The molecule has 0 saturated heterocycles. The van der Waals surface area contributed by atoms with Gasteiger partial charge in [0.15, 0.2) is 0 Å². The van der Waals surface area contributed by atoms with Crippen LogP contribution in [0.15, 0.2) is 24.3 Å². The van der Waals surface area contributed by atoms with Gasteiger partial charge in [0.1, 0.15) is 5.75 Å². The lowest BCUT2D eigenvalue weighted by atomic mass is 10.0. The highest BCUT2D eigenvalue weighted by Gasteiger charge is 2.13. The number of amides is 2. The summed E-state index contributed by atoms with van der Waals surface area (Å²) < 4.78 is 5.41. The monoisotopic (exact) mass is 294 g/mol. The van der Waals surface area contributed by atoms with Crippen LogP contribution in [0, 0.1) is 5.92 Å². The first-order valence-electron chi connectivity index (χ1n) is 7.48. The predicted octanol–water partition coefficient (Wildman–Crippen LogP) is 2.29. The Kier molecular flexibility index (Phi) is 7.61. The smallest absolute Gasteiger partial charge is 0.315 e. The molecule has 0 aliphatic carbocycles. The van der Waals surface area contributed by atoms with Gasteiger partial charge in [-0.25, -0.2) is 4.79 Å². The SMILES string of the molecule is CCOc1cccc(CNC(=O)NCC(O)C(C)CC)c1. The third-order valence-corrected chi connectivity index (χ3v) is 3.44. The van der Waals surface area contributed by atoms with E-state index in [1.807, 2.05) is 45.0 Å². The van der Waals surface area contributed by atoms with E-state index in [0.29, 0.717) is 13.2 Å². The summed E-state index contributed by atoms with van der Waals surface area (Å²) in [4.78, 5) is 11.7. The van der Waals surface area contributed by atoms with Crippen LogP contribution in [0.3, 0.4) is 0 Å². The second-order valence-electron chi connectivity index (χ2n) is 5.10. The number of ether oxygens (including phenoxy) is 1. The van der Waals surface area contributed by atoms with Gasteiger partial charge in [0.2, 0.25) is 0 Å². The summed E-state index contributed by atoms with van der Waals surface area (Å²) in [5, 5.41) is 15.2. The largest absolute Gasteiger partial charge is 0.494 e. The van der Waals surface area contributed by atoms with Crippen molar-refractivity contribution in [3.8, 4) is 5.75 Å². The van der Waals surface area contributed by atoms with Crippen LogP contribution in [0.2, 0.25) is 0 Å². The van der Waals surface area contributed by atoms with Gasteiger partial charge in [0.25, 0.3) is 0 Å². The minimum absolute atomic E-state index is 0.174. The minimum atomic E-state index is -0.512. The van der Waals surface area contributed by atoms with E-state index in [4.69, 9.17) is 4.74 Å². The third-order valence-electron chi connectivity index (χ3n) is 3.44. The first kappa shape index (κ1) is 17.3. The summed E-state index contributed by atoms with van der Waals surface area (Å²) in [7, 11) is 0. The Labute approximate surface area is 126 Å². The maximum absolute atomic E-state index is 11.7. The average Bonchev–Trinajstić information content (AvgIpc) is 2.50. The molecule has 1 aromatic rings. The molecule has 0 heterocycles. The van der Waals surface area contributed by atoms with Gasteiger partial charge in [-0.2, -0.15) is 0 Å². The number of carbonyl (C=O) groups excluding carboxylic acids is 1. The van der Waals surface area contributed by atoms with Crippen LogP contribution in [0.5, 0.6) is 5.75 Å². The fraction of sp³-hybridized carbons (Fsp3) is 0.562. The van der Waals surface area contributed by atoms with Gasteiger partial charge in [-0.3, -0.25) is 0 Å². The highest BCUT2D eigenvalue weighted by molar-refractivity contribution is 5.73. The Balaban J connectivity index is 2.34. The zero-order valence-corrected chi connectivity index (χ0v) is 13.1. The molecule has 0 aliphatic rings. The number of aliphatic hydroxyl groups is 1.